The molecule has 1 aliphatic rings. The van der Waals surface area contributed by atoms with Crippen LogP contribution >= 0.6 is 0 Å². The first-order chi connectivity index (χ1) is 9.07. The van der Waals surface area contributed by atoms with Crippen molar-refractivity contribution >= 4 is 15.5 Å². The summed E-state index contributed by atoms with van der Waals surface area (Å²) in [5.41, 5.74) is 6.07. The van der Waals surface area contributed by atoms with E-state index in [0.717, 1.165) is 0 Å². The molecule has 98 valence electrons. The maximum Gasteiger partial charge on any atom is 0.231 e. The molecule has 0 amide bonds. The summed E-state index contributed by atoms with van der Waals surface area (Å²) in [5.74, 6) is 0.993. The summed E-state index contributed by atoms with van der Waals surface area (Å²) >= 11 is 0. The molecule has 19 heavy (non-hydrogen) atoms. The van der Waals surface area contributed by atoms with Gasteiger partial charge in [0.1, 0.15) is 0 Å². The largest absolute Gasteiger partial charge is 0.454 e. The number of hydrogen-bond acceptors (Lipinski definition) is 5. The van der Waals surface area contributed by atoms with Crippen LogP contribution in [0.4, 0.5) is 5.69 Å². The lowest BCUT2D eigenvalue weighted by molar-refractivity contribution is 0.174. The van der Waals surface area contributed by atoms with Crippen LogP contribution in [-0.4, -0.2) is 15.2 Å². The van der Waals surface area contributed by atoms with Gasteiger partial charge < -0.3 is 15.2 Å². The van der Waals surface area contributed by atoms with Crippen molar-refractivity contribution < 1.29 is 17.9 Å². The van der Waals surface area contributed by atoms with Gasteiger partial charge >= 0.3 is 0 Å². The van der Waals surface area contributed by atoms with Gasteiger partial charge in [-0.2, -0.15) is 0 Å². The van der Waals surface area contributed by atoms with E-state index < -0.39 is 9.84 Å². The molecular weight excluding hydrogens is 266 g/mol. The zero-order valence-corrected chi connectivity index (χ0v) is 10.7. The highest BCUT2D eigenvalue weighted by atomic mass is 32.2. The molecule has 0 bridgehead atoms. The maximum atomic E-state index is 12.4. The molecule has 6 heteroatoms. The predicted octanol–water partition coefficient (Wildman–Crippen LogP) is 1.83. The van der Waals surface area contributed by atoms with Gasteiger partial charge in [-0.3, -0.25) is 0 Å². The number of fused-ring (bicyclic) bond motifs is 1. The van der Waals surface area contributed by atoms with Gasteiger partial charge in [-0.25, -0.2) is 8.42 Å². The van der Waals surface area contributed by atoms with Gasteiger partial charge in [-0.1, -0.05) is 0 Å². The molecule has 2 aromatic carbocycles. The maximum absolute atomic E-state index is 12.4. The Hall–Kier alpha value is -2.21. The van der Waals surface area contributed by atoms with Crippen molar-refractivity contribution in [3.8, 4) is 11.5 Å². The van der Waals surface area contributed by atoms with E-state index in [9.17, 15) is 8.42 Å². The third-order valence-corrected chi connectivity index (χ3v) is 4.61. The monoisotopic (exact) mass is 277 g/mol. The van der Waals surface area contributed by atoms with Crippen molar-refractivity contribution in [3.63, 3.8) is 0 Å². The van der Waals surface area contributed by atoms with Crippen LogP contribution < -0.4 is 15.2 Å². The highest BCUT2D eigenvalue weighted by Gasteiger charge is 2.21. The first-order valence-corrected chi connectivity index (χ1v) is 7.06. The molecule has 2 aromatic rings. The smallest absolute Gasteiger partial charge is 0.231 e. The van der Waals surface area contributed by atoms with Crippen LogP contribution in [-0.2, 0) is 9.84 Å². The summed E-state index contributed by atoms with van der Waals surface area (Å²) in [6.07, 6.45) is 0. The van der Waals surface area contributed by atoms with Crippen molar-refractivity contribution in [2.24, 2.45) is 0 Å². The molecule has 2 N–H and O–H groups in total. The van der Waals surface area contributed by atoms with E-state index in [2.05, 4.69) is 0 Å². The molecule has 0 aromatic heterocycles. The standard InChI is InChI=1S/C13H11NO4S/c14-9-1-3-10(4-2-9)19(15,16)11-5-6-12-13(7-11)18-8-17-12/h1-7H,8,14H2. The van der Waals surface area contributed by atoms with Crippen molar-refractivity contribution in [1.29, 1.82) is 0 Å². The number of nitrogens with two attached hydrogens (primary N) is 1. The first kappa shape index (κ1) is 11.9. The summed E-state index contributed by atoms with van der Waals surface area (Å²) in [4.78, 5) is 0.363. The Kier molecular flexibility index (Phi) is 2.60. The van der Waals surface area contributed by atoms with Gasteiger partial charge in [0.25, 0.3) is 0 Å². The number of rotatable bonds is 2. The van der Waals surface area contributed by atoms with E-state index in [1.807, 2.05) is 0 Å². The lowest BCUT2D eigenvalue weighted by Gasteiger charge is -2.06. The summed E-state index contributed by atoms with van der Waals surface area (Å²) in [6.45, 7) is 0.112. The molecule has 0 atom stereocenters. The van der Waals surface area contributed by atoms with Crippen LogP contribution in [0.2, 0.25) is 0 Å². The number of sulfone groups is 1. The van der Waals surface area contributed by atoms with Crippen LogP contribution in [0, 0.1) is 0 Å². The van der Waals surface area contributed by atoms with E-state index in [1.54, 1.807) is 18.2 Å². The third kappa shape index (κ3) is 2.00. The van der Waals surface area contributed by atoms with Crippen LogP contribution in [0.5, 0.6) is 11.5 Å². The Labute approximate surface area is 110 Å². The van der Waals surface area contributed by atoms with Crippen LogP contribution in [0.1, 0.15) is 0 Å². The SMILES string of the molecule is Nc1ccc(S(=O)(=O)c2ccc3c(c2)OCO3)cc1. The van der Waals surface area contributed by atoms with Gasteiger partial charge in [-0.05, 0) is 36.4 Å². The number of anilines is 1. The van der Waals surface area contributed by atoms with Gasteiger partial charge in [0.05, 0.1) is 9.79 Å². The Morgan fingerprint density at radius 1 is 0.895 bits per heavy atom. The highest BCUT2D eigenvalue weighted by molar-refractivity contribution is 7.91. The number of nitrogen functional groups attached to an aromatic ring is 1. The average molecular weight is 277 g/mol. The number of benzene rings is 2. The average Bonchev–Trinajstić information content (AvgIpc) is 2.86. The first-order valence-electron chi connectivity index (χ1n) is 5.58. The lowest BCUT2D eigenvalue weighted by Crippen LogP contribution is -2.02. The van der Waals surface area contributed by atoms with Crippen LogP contribution in [0.25, 0.3) is 0 Å². The fourth-order valence-corrected chi connectivity index (χ4v) is 3.10. The Bertz CT molecular complexity index is 723. The van der Waals surface area contributed by atoms with Gasteiger partial charge in [-0.15, -0.1) is 0 Å². The highest BCUT2D eigenvalue weighted by Crippen LogP contribution is 2.35. The normalized spacial score (nSPS) is 13.5. The van der Waals surface area contributed by atoms with Gasteiger partial charge in [0, 0.05) is 11.8 Å². The molecule has 3 rings (SSSR count). The fourth-order valence-electron chi connectivity index (χ4n) is 1.83. The van der Waals surface area contributed by atoms with Crippen molar-refractivity contribution in [2.45, 2.75) is 9.79 Å². The van der Waals surface area contributed by atoms with Crippen LogP contribution in [0.3, 0.4) is 0 Å². The van der Waals surface area contributed by atoms with E-state index in [1.165, 1.54) is 24.3 Å². The molecule has 5 nitrogen and oxygen atoms in total. The molecule has 0 spiro atoms. The molecule has 1 aliphatic heterocycles. The van der Waals surface area contributed by atoms with E-state index in [0.29, 0.717) is 17.2 Å². The topological polar surface area (TPSA) is 78.6 Å². The Morgan fingerprint density at radius 2 is 1.53 bits per heavy atom. The van der Waals surface area contributed by atoms with E-state index in [-0.39, 0.29) is 16.6 Å². The van der Waals surface area contributed by atoms with Crippen LogP contribution in [0.15, 0.2) is 52.3 Å². The number of hydrogen-bond donors (Lipinski definition) is 1. The minimum absolute atomic E-state index is 0.112. The second-order valence-corrected chi connectivity index (χ2v) is 6.04. The van der Waals surface area contributed by atoms with Gasteiger partial charge in [0.2, 0.25) is 16.6 Å². The van der Waals surface area contributed by atoms with E-state index >= 15 is 0 Å². The molecule has 1 heterocycles. The zero-order valence-electron chi connectivity index (χ0n) is 9.87. The minimum atomic E-state index is -3.57. The second-order valence-electron chi connectivity index (χ2n) is 4.09. The summed E-state index contributed by atoms with van der Waals surface area (Å²) < 4.78 is 35.2. The van der Waals surface area contributed by atoms with Crippen molar-refractivity contribution in [3.05, 3.63) is 42.5 Å². The molecule has 0 fully saturated rings. The quantitative estimate of drug-likeness (QED) is 0.847. The summed E-state index contributed by atoms with van der Waals surface area (Å²) in [7, 11) is -3.57. The zero-order chi connectivity index (χ0) is 13.5. The van der Waals surface area contributed by atoms with E-state index in [4.69, 9.17) is 15.2 Å². The molecule has 0 saturated heterocycles. The predicted molar refractivity (Wildman–Crippen MR) is 68.9 cm³/mol. The van der Waals surface area contributed by atoms with Crippen molar-refractivity contribution in [2.75, 3.05) is 12.5 Å². The summed E-state index contributed by atoms with van der Waals surface area (Å²) in [6, 6.07) is 10.6. The second kappa shape index (κ2) is 4.17. The lowest BCUT2D eigenvalue weighted by atomic mass is 10.3. The summed E-state index contributed by atoms with van der Waals surface area (Å²) in [5, 5.41) is 0. The molecular formula is C13H11NO4S. The number of ether oxygens (including phenoxy) is 2. The molecule has 0 unspecified atom stereocenters. The van der Waals surface area contributed by atoms with Crippen molar-refractivity contribution in [1.82, 2.24) is 0 Å². The molecule has 0 radical (unpaired) electrons. The Morgan fingerprint density at radius 3 is 2.26 bits per heavy atom. The molecule has 0 saturated carbocycles. The Balaban J connectivity index is 2.07. The fraction of sp³-hybridized carbons (Fsp3) is 0.0769. The minimum Gasteiger partial charge on any atom is -0.454 e. The van der Waals surface area contributed by atoms with Gasteiger partial charge in [0.15, 0.2) is 11.5 Å². The third-order valence-electron chi connectivity index (χ3n) is 2.84. The molecule has 0 aliphatic carbocycles.